The van der Waals surface area contributed by atoms with Gasteiger partial charge >= 0.3 is 0 Å². The SMILES string of the molecule is CSc1nc2c(c(=O)n1-c1cccc(C)c1)C1(CCCC1)Cc1ccccc1-2. The van der Waals surface area contributed by atoms with E-state index >= 15 is 0 Å². The molecule has 0 atom stereocenters. The Morgan fingerprint density at radius 1 is 1.07 bits per heavy atom. The maximum absolute atomic E-state index is 14.0. The second kappa shape index (κ2) is 6.63. The lowest BCUT2D eigenvalue weighted by atomic mass is 9.68. The van der Waals surface area contributed by atoms with Crippen molar-refractivity contribution in [1.29, 1.82) is 0 Å². The largest absolute Gasteiger partial charge is 0.268 e. The molecule has 0 saturated heterocycles. The summed E-state index contributed by atoms with van der Waals surface area (Å²) in [5.41, 5.74) is 6.46. The van der Waals surface area contributed by atoms with Crippen molar-refractivity contribution in [3.05, 3.63) is 75.6 Å². The van der Waals surface area contributed by atoms with Gasteiger partial charge in [-0.05, 0) is 55.7 Å². The summed E-state index contributed by atoms with van der Waals surface area (Å²) in [6.45, 7) is 2.06. The van der Waals surface area contributed by atoms with Crippen molar-refractivity contribution in [3.8, 4) is 16.9 Å². The molecular weight excluding hydrogens is 364 g/mol. The summed E-state index contributed by atoms with van der Waals surface area (Å²) in [6.07, 6.45) is 7.50. The first-order valence-corrected chi connectivity index (χ1v) is 11.2. The highest BCUT2D eigenvalue weighted by Gasteiger charge is 2.44. The standard InChI is InChI=1S/C24H24N2OS/c1-16-8-7-10-18(14-16)26-22(27)20-21(25-23(26)28-2)19-11-4-3-9-17(19)15-24(20)12-5-6-13-24/h3-4,7-11,14H,5-6,12-13,15H2,1-2H3. The van der Waals surface area contributed by atoms with E-state index in [2.05, 4.69) is 43.3 Å². The molecule has 0 radical (unpaired) electrons. The molecule has 0 aliphatic heterocycles. The van der Waals surface area contributed by atoms with Gasteiger partial charge in [0.25, 0.3) is 5.56 Å². The molecule has 0 bridgehead atoms. The first kappa shape index (κ1) is 17.7. The van der Waals surface area contributed by atoms with Gasteiger partial charge in [0.15, 0.2) is 5.16 Å². The van der Waals surface area contributed by atoms with E-state index in [1.165, 1.54) is 18.4 Å². The average Bonchev–Trinajstić information content (AvgIpc) is 3.16. The smallest absolute Gasteiger partial charge is 0.263 e. The van der Waals surface area contributed by atoms with Crippen LogP contribution in [-0.2, 0) is 11.8 Å². The number of hydrogen-bond donors (Lipinski definition) is 0. The number of benzene rings is 2. The molecule has 0 N–H and O–H groups in total. The van der Waals surface area contributed by atoms with Crippen LogP contribution in [0.4, 0.5) is 0 Å². The zero-order valence-electron chi connectivity index (χ0n) is 16.4. The third-order valence-electron chi connectivity index (χ3n) is 6.39. The number of hydrogen-bond acceptors (Lipinski definition) is 3. The van der Waals surface area contributed by atoms with Gasteiger partial charge in [-0.25, -0.2) is 4.98 Å². The Hall–Kier alpha value is -2.33. The Bertz CT molecular complexity index is 1130. The quantitative estimate of drug-likeness (QED) is 0.441. The minimum atomic E-state index is -0.0592. The van der Waals surface area contributed by atoms with E-state index in [1.807, 2.05) is 23.0 Å². The van der Waals surface area contributed by atoms with Crippen LogP contribution in [0.15, 0.2) is 58.5 Å². The number of thioether (sulfide) groups is 1. The predicted molar refractivity (Wildman–Crippen MR) is 116 cm³/mol. The number of aryl methyl sites for hydroxylation is 1. The van der Waals surface area contributed by atoms with Crippen LogP contribution in [-0.4, -0.2) is 15.8 Å². The van der Waals surface area contributed by atoms with Crippen LogP contribution >= 0.6 is 11.8 Å². The van der Waals surface area contributed by atoms with Crippen molar-refractivity contribution in [2.75, 3.05) is 6.26 Å². The molecule has 142 valence electrons. The van der Waals surface area contributed by atoms with Crippen LogP contribution in [0, 0.1) is 6.92 Å². The minimum Gasteiger partial charge on any atom is -0.268 e. The van der Waals surface area contributed by atoms with Crippen molar-refractivity contribution in [2.45, 2.75) is 49.6 Å². The van der Waals surface area contributed by atoms with Crippen molar-refractivity contribution < 1.29 is 0 Å². The van der Waals surface area contributed by atoms with Crippen LogP contribution in [0.2, 0.25) is 0 Å². The highest BCUT2D eigenvalue weighted by Crippen LogP contribution is 2.50. The summed E-state index contributed by atoms with van der Waals surface area (Å²) in [5.74, 6) is 0. The second-order valence-electron chi connectivity index (χ2n) is 8.12. The fraction of sp³-hybridized carbons (Fsp3) is 0.333. The molecule has 2 aliphatic rings. The Balaban J connectivity index is 1.87. The van der Waals surface area contributed by atoms with Crippen LogP contribution < -0.4 is 5.56 Å². The summed E-state index contributed by atoms with van der Waals surface area (Å²) in [6, 6.07) is 16.7. The molecule has 5 rings (SSSR count). The lowest BCUT2D eigenvalue weighted by Gasteiger charge is -2.36. The van der Waals surface area contributed by atoms with Crippen molar-refractivity contribution in [3.63, 3.8) is 0 Å². The molecule has 1 saturated carbocycles. The summed E-state index contributed by atoms with van der Waals surface area (Å²) < 4.78 is 1.84. The lowest BCUT2D eigenvalue weighted by molar-refractivity contribution is 0.422. The van der Waals surface area contributed by atoms with Crippen LogP contribution in [0.3, 0.4) is 0 Å². The fourth-order valence-electron chi connectivity index (χ4n) is 5.14. The number of nitrogens with zero attached hydrogens (tertiary/aromatic N) is 2. The van der Waals surface area contributed by atoms with E-state index in [4.69, 9.17) is 4.98 Å². The van der Waals surface area contributed by atoms with E-state index < -0.39 is 0 Å². The van der Waals surface area contributed by atoms with Crippen LogP contribution in [0.25, 0.3) is 16.9 Å². The molecule has 3 nitrogen and oxygen atoms in total. The van der Waals surface area contributed by atoms with Crippen LogP contribution in [0.5, 0.6) is 0 Å². The Labute approximate surface area is 169 Å². The van der Waals surface area contributed by atoms with Crippen molar-refractivity contribution in [2.24, 2.45) is 0 Å². The third kappa shape index (κ3) is 2.58. The molecule has 4 heteroatoms. The van der Waals surface area contributed by atoms with Gasteiger partial charge in [-0.1, -0.05) is 61.0 Å². The van der Waals surface area contributed by atoms with Gasteiger partial charge in [-0.15, -0.1) is 0 Å². The fourth-order valence-corrected chi connectivity index (χ4v) is 5.70. The Morgan fingerprint density at radius 2 is 1.86 bits per heavy atom. The van der Waals surface area contributed by atoms with Gasteiger partial charge in [0.2, 0.25) is 0 Å². The number of fused-ring (bicyclic) bond motifs is 4. The van der Waals surface area contributed by atoms with Gasteiger partial charge in [-0.2, -0.15) is 0 Å². The van der Waals surface area contributed by atoms with Gasteiger partial charge in [0.1, 0.15) is 0 Å². The molecule has 28 heavy (non-hydrogen) atoms. The topological polar surface area (TPSA) is 34.9 Å². The molecule has 0 unspecified atom stereocenters. The second-order valence-corrected chi connectivity index (χ2v) is 8.90. The molecule has 2 aliphatic carbocycles. The molecule has 3 aromatic rings. The third-order valence-corrected chi connectivity index (χ3v) is 7.03. The molecule has 1 aromatic heterocycles. The summed E-state index contributed by atoms with van der Waals surface area (Å²) >= 11 is 1.54. The highest BCUT2D eigenvalue weighted by atomic mass is 32.2. The van der Waals surface area contributed by atoms with Gasteiger partial charge < -0.3 is 0 Å². The van der Waals surface area contributed by atoms with Crippen molar-refractivity contribution in [1.82, 2.24) is 9.55 Å². The Morgan fingerprint density at radius 3 is 2.61 bits per heavy atom. The van der Waals surface area contributed by atoms with E-state index in [-0.39, 0.29) is 11.0 Å². The summed E-state index contributed by atoms with van der Waals surface area (Å²) in [4.78, 5) is 19.1. The summed E-state index contributed by atoms with van der Waals surface area (Å²) in [5, 5.41) is 0.763. The van der Waals surface area contributed by atoms with Crippen LogP contribution in [0.1, 0.15) is 42.4 Å². The minimum absolute atomic E-state index is 0.0592. The monoisotopic (exact) mass is 388 g/mol. The lowest BCUT2D eigenvalue weighted by Crippen LogP contribution is -2.40. The van der Waals surface area contributed by atoms with Gasteiger partial charge in [-0.3, -0.25) is 9.36 Å². The first-order valence-electron chi connectivity index (χ1n) is 10.00. The van der Waals surface area contributed by atoms with E-state index in [0.717, 1.165) is 52.5 Å². The zero-order chi connectivity index (χ0) is 19.3. The normalized spacial score (nSPS) is 16.8. The van der Waals surface area contributed by atoms with Gasteiger partial charge in [0.05, 0.1) is 16.9 Å². The first-order chi connectivity index (χ1) is 13.6. The molecule has 2 aromatic carbocycles. The number of aromatic nitrogens is 2. The van der Waals surface area contributed by atoms with Crippen molar-refractivity contribution >= 4 is 11.8 Å². The number of rotatable bonds is 2. The molecule has 1 spiro atoms. The van der Waals surface area contributed by atoms with Gasteiger partial charge in [0, 0.05) is 11.0 Å². The zero-order valence-corrected chi connectivity index (χ0v) is 17.2. The maximum atomic E-state index is 14.0. The highest BCUT2D eigenvalue weighted by molar-refractivity contribution is 7.98. The molecule has 0 amide bonds. The average molecular weight is 389 g/mol. The van der Waals surface area contributed by atoms with E-state index in [9.17, 15) is 4.79 Å². The predicted octanol–water partition coefficient (Wildman–Crippen LogP) is 5.30. The maximum Gasteiger partial charge on any atom is 0.263 e. The van der Waals surface area contributed by atoms with E-state index in [0.29, 0.717) is 0 Å². The molecular formula is C24H24N2OS. The molecule has 1 heterocycles. The van der Waals surface area contributed by atoms with E-state index in [1.54, 1.807) is 11.8 Å². The Kier molecular flexibility index (Phi) is 4.20. The summed E-state index contributed by atoms with van der Waals surface area (Å²) in [7, 11) is 0. The molecule has 1 fully saturated rings.